The van der Waals surface area contributed by atoms with E-state index in [0.29, 0.717) is 17.8 Å². The number of hydrogen-bond acceptors (Lipinski definition) is 2. The van der Waals surface area contributed by atoms with Crippen LogP contribution in [0.3, 0.4) is 0 Å². The molecule has 0 fully saturated rings. The number of anilines is 4. The van der Waals surface area contributed by atoms with Gasteiger partial charge in [-0.3, -0.25) is 0 Å². The van der Waals surface area contributed by atoms with Crippen LogP contribution in [-0.4, -0.2) is 6.04 Å². The fourth-order valence-corrected chi connectivity index (χ4v) is 10.2. The van der Waals surface area contributed by atoms with Gasteiger partial charge in [0.15, 0.2) is 0 Å². The molecule has 2 unspecified atom stereocenters. The summed E-state index contributed by atoms with van der Waals surface area (Å²) in [6.07, 6.45) is 20.1. The molecule has 10 rings (SSSR count). The second-order valence-electron chi connectivity index (χ2n) is 17.9. The molecule has 302 valence electrons. The van der Waals surface area contributed by atoms with Crippen molar-refractivity contribution in [2.45, 2.75) is 78.2 Å². The lowest BCUT2D eigenvalue weighted by molar-refractivity contribution is 0.610. The summed E-state index contributed by atoms with van der Waals surface area (Å²) in [6, 6.07) is 51.1. The predicted octanol–water partition coefficient (Wildman–Crippen LogP) is 16.3. The van der Waals surface area contributed by atoms with Crippen molar-refractivity contribution in [1.29, 1.82) is 0 Å². The van der Waals surface area contributed by atoms with E-state index < -0.39 is 0 Å². The molecule has 0 amide bonds. The lowest BCUT2D eigenvalue weighted by Gasteiger charge is -2.38. The Bertz CT molecular complexity index is 2860. The lowest BCUT2D eigenvalue weighted by Crippen LogP contribution is -2.35. The first kappa shape index (κ1) is 38.8. The van der Waals surface area contributed by atoms with E-state index in [9.17, 15) is 0 Å². The molecule has 0 N–H and O–H groups in total. The van der Waals surface area contributed by atoms with Crippen LogP contribution in [0.2, 0.25) is 0 Å². The Hall–Kier alpha value is -6.38. The molecule has 0 spiro atoms. The van der Waals surface area contributed by atoms with Gasteiger partial charge < -0.3 is 9.80 Å². The van der Waals surface area contributed by atoms with Crippen LogP contribution in [0, 0.1) is 5.92 Å². The summed E-state index contributed by atoms with van der Waals surface area (Å²) in [5.41, 5.74) is 17.1. The van der Waals surface area contributed by atoms with Crippen molar-refractivity contribution < 1.29 is 0 Å². The Morgan fingerprint density at radius 3 is 1.72 bits per heavy atom. The fourth-order valence-electron chi connectivity index (χ4n) is 10.2. The van der Waals surface area contributed by atoms with Gasteiger partial charge in [0.05, 0.1) is 17.4 Å². The van der Waals surface area contributed by atoms with Crippen molar-refractivity contribution in [3.8, 4) is 22.3 Å². The maximum absolute atomic E-state index is 2.64. The third-order valence-electron chi connectivity index (χ3n) is 13.5. The zero-order valence-corrected chi connectivity index (χ0v) is 36.3. The molecule has 0 heterocycles. The maximum atomic E-state index is 2.64. The summed E-state index contributed by atoms with van der Waals surface area (Å²) in [4.78, 5) is 5.24. The number of allylic oxidation sites excluding steroid dienone is 6. The topological polar surface area (TPSA) is 6.48 Å². The number of hydrogen-bond donors (Lipinski definition) is 0. The summed E-state index contributed by atoms with van der Waals surface area (Å²) in [6.45, 7) is 11.5. The van der Waals surface area contributed by atoms with Crippen LogP contribution in [0.25, 0.3) is 43.8 Å². The van der Waals surface area contributed by atoms with Gasteiger partial charge in [0.1, 0.15) is 0 Å². The Kier molecular flexibility index (Phi) is 10.3. The van der Waals surface area contributed by atoms with E-state index in [1.165, 1.54) is 94.5 Å². The van der Waals surface area contributed by atoms with Crippen LogP contribution in [0.15, 0.2) is 182 Å². The van der Waals surface area contributed by atoms with Gasteiger partial charge in [-0.1, -0.05) is 168 Å². The minimum Gasteiger partial charge on any atom is -0.333 e. The molecule has 0 aliphatic heterocycles. The number of benzene rings is 7. The zero-order valence-electron chi connectivity index (χ0n) is 36.3. The first-order chi connectivity index (χ1) is 29.9. The van der Waals surface area contributed by atoms with Gasteiger partial charge in [-0.25, -0.2) is 0 Å². The standard InChI is InChI=1S/C59H56N2/c1-39(2)42-25-29-47(30-26-42)60(46-22-13-8-14-23-46)56-37-53(44-18-9-6-10-19-44)49-34-36-52-57(38-54(45-20-11-7-12-21-45)50-33-35-51(56)58(49)59(50)52)61(55-24-16-15-17-41(55)5)48-31-27-43(28-32-48)40(3)4/h6-13,15-22,24-32,34,36-41,55H,14,23,33,35H2,1-5H3. The Balaban J connectivity index is 1.33. The Morgan fingerprint density at radius 2 is 1.10 bits per heavy atom. The summed E-state index contributed by atoms with van der Waals surface area (Å²) in [5, 5.41) is 5.43. The molecule has 3 aliphatic rings. The van der Waals surface area contributed by atoms with Gasteiger partial charge >= 0.3 is 0 Å². The maximum Gasteiger partial charge on any atom is 0.0585 e. The normalized spacial score (nSPS) is 16.9. The highest BCUT2D eigenvalue weighted by atomic mass is 15.2. The summed E-state index contributed by atoms with van der Waals surface area (Å²) >= 11 is 0. The highest BCUT2D eigenvalue weighted by Gasteiger charge is 2.32. The van der Waals surface area contributed by atoms with Crippen molar-refractivity contribution in [2.24, 2.45) is 5.92 Å². The van der Waals surface area contributed by atoms with E-state index in [0.717, 1.165) is 25.7 Å². The molecule has 0 aromatic heterocycles. The third-order valence-corrected chi connectivity index (χ3v) is 13.5. The molecule has 7 aromatic rings. The lowest BCUT2D eigenvalue weighted by atomic mass is 9.79. The number of rotatable bonds is 10. The van der Waals surface area contributed by atoms with Gasteiger partial charge in [0.2, 0.25) is 0 Å². The number of aryl methyl sites for hydroxylation is 2. The molecule has 61 heavy (non-hydrogen) atoms. The van der Waals surface area contributed by atoms with Crippen LogP contribution in [0.4, 0.5) is 22.7 Å². The van der Waals surface area contributed by atoms with Crippen LogP contribution in [-0.2, 0) is 12.8 Å². The molecule has 0 saturated carbocycles. The minimum atomic E-state index is 0.146. The smallest absolute Gasteiger partial charge is 0.0585 e. The quantitative estimate of drug-likeness (QED) is 0.127. The highest BCUT2D eigenvalue weighted by Crippen LogP contribution is 2.52. The van der Waals surface area contributed by atoms with Crippen LogP contribution in [0.5, 0.6) is 0 Å². The molecule has 2 nitrogen and oxygen atoms in total. The van der Waals surface area contributed by atoms with Gasteiger partial charge in [0.25, 0.3) is 0 Å². The van der Waals surface area contributed by atoms with Crippen molar-refractivity contribution >= 4 is 44.3 Å². The molecule has 3 aliphatic carbocycles. The SMILES string of the molecule is CC(C)c1ccc(N(C2=CC=CCC2)c2cc(-c3ccccc3)c3ccc4c(N(c5ccc(C(C)C)cc5)C5C=CC=CC5C)cc(-c5ccccc5)c5c4c3c2CC5)cc1. The summed E-state index contributed by atoms with van der Waals surface area (Å²) in [7, 11) is 0. The van der Waals surface area contributed by atoms with Crippen molar-refractivity contribution in [3.63, 3.8) is 0 Å². The second kappa shape index (κ2) is 16.2. The van der Waals surface area contributed by atoms with Crippen molar-refractivity contribution in [3.05, 3.63) is 204 Å². The van der Waals surface area contributed by atoms with Gasteiger partial charge in [0, 0.05) is 22.5 Å². The first-order valence-corrected chi connectivity index (χ1v) is 22.5. The molecular weight excluding hydrogens is 737 g/mol. The molecule has 0 radical (unpaired) electrons. The molecule has 2 atom stereocenters. The summed E-state index contributed by atoms with van der Waals surface area (Å²) in [5.74, 6) is 1.25. The monoisotopic (exact) mass is 792 g/mol. The average Bonchev–Trinajstić information content (AvgIpc) is 3.30. The van der Waals surface area contributed by atoms with E-state index >= 15 is 0 Å². The van der Waals surface area contributed by atoms with Gasteiger partial charge in [-0.15, -0.1) is 0 Å². The molecule has 2 heteroatoms. The third kappa shape index (κ3) is 7.02. The highest BCUT2D eigenvalue weighted by molar-refractivity contribution is 6.21. The summed E-state index contributed by atoms with van der Waals surface area (Å²) < 4.78 is 0. The zero-order chi connectivity index (χ0) is 41.6. The average molecular weight is 793 g/mol. The van der Waals surface area contributed by atoms with Crippen molar-refractivity contribution in [2.75, 3.05) is 9.80 Å². The molecular formula is C59H56N2. The van der Waals surface area contributed by atoms with E-state index in [-0.39, 0.29) is 6.04 Å². The molecule has 7 aromatic carbocycles. The molecule has 0 bridgehead atoms. The van der Waals surface area contributed by atoms with E-state index in [1.807, 2.05) is 0 Å². The van der Waals surface area contributed by atoms with Crippen LogP contribution >= 0.6 is 0 Å². The first-order valence-electron chi connectivity index (χ1n) is 22.5. The Labute approximate surface area is 362 Å². The predicted molar refractivity (Wildman–Crippen MR) is 263 cm³/mol. The van der Waals surface area contributed by atoms with Crippen molar-refractivity contribution in [1.82, 2.24) is 0 Å². The minimum absolute atomic E-state index is 0.146. The number of nitrogens with zero attached hydrogens (tertiary/aromatic N) is 2. The Morgan fingerprint density at radius 1 is 0.525 bits per heavy atom. The van der Waals surface area contributed by atoms with Gasteiger partial charge in [-0.05, 0) is 147 Å². The second-order valence-corrected chi connectivity index (χ2v) is 17.9. The van der Waals surface area contributed by atoms with E-state index in [1.54, 1.807) is 0 Å². The molecule has 0 saturated heterocycles. The van der Waals surface area contributed by atoms with E-state index in [4.69, 9.17) is 0 Å². The van der Waals surface area contributed by atoms with Crippen LogP contribution in [0.1, 0.15) is 81.5 Å². The van der Waals surface area contributed by atoms with Crippen LogP contribution < -0.4 is 9.80 Å². The fraction of sp³-hybridized carbons (Fsp3) is 0.220. The largest absolute Gasteiger partial charge is 0.333 e. The van der Waals surface area contributed by atoms with E-state index in [2.05, 4.69) is 220 Å². The van der Waals surface area contributed by atoms with Gasteiger partial charge in [-0.2, -0.15) is 0 Å².